The van der Waals surface area contributed by atoms with Gasteiger partial charge in [0.1, 0.15) is 0 Å². The van der Waals surface area contributed by atoms with Crippen molar-refractivity contribution >= 4 is 5.69 Å². The van der Waals surface area contributed by atoms with Crippen LogP contribution in [0.2, 0.25) is 0 Å². The normalized spacial score (nSPS) is 11.4. The van der Waals surface area contributed by atoms with Crippen LogP contribution in [-0.2, 0) is 30.1 Å². The van der Waals surface area contributed by atoms with Crippen LogP contribution in [-0.4, -0.2) is 0 Å². The van der Waals surface area contributed by atoms with Gasteiger partial charge in [-0.1, -0.05) is 0 Å². The molecular formula is C6H6NO5V. The summed E-state index contributed by atoms with van der Waals surface area (Å²) in [6.07, 6.45) is 0. The van der Waals surface area contributed by atoms with Crippen LogP contribution >= 0.6 is 0 Å². The van der Waals surface area contributed by atoms with Crippen molar-refractivity contribution in [1.29, 1.82) is 0 Å². The molecule has 0 saturated heterocycles. The zero-order valence-corrected chi connectivity index (χ0v) is 7.77. The fourth-order valence-corrected chi connectivity index (χ4v) is 1.83. The van der Waals surface area contributed by atoms with E-state index < -0.39 is 11.7 Å². The van der Waals surface area contributed by atoms with Gasteiger partial charge in [-0.2, -0.15) is 0 Å². The predicted octanol–water partition coefficient (Wildman–Crippen LogP) is 0.966. The standard InChI is InChI=1S/C6H6N.5O.V/c7-6-4-2-1-3-5-6;;;;;;/h1-5,7H;;;;;;/q-1;;;;;;+1. The van der Waals surface area contributed by atoms with Gasteiger partial charge in [-0.3, -0.25) is 0 Å². The fourth-order valence-electron chi connectivity index (χ4n) is 0.776. The van der Waals surface area contributed by atoms with E-state index in [4.69, 9.17) is 0 Å². The van der Waals surface area contributed by atoms with E-state index in [-0.39, 0.29) is 5.69 Å². The van der Waals surface area contributed by atoms with Gasteiger partial charge in [0.2, 0.25) is 0 Å². The van der Waals surface area contributed by atoms with E-state index in [1.54, 1.807) is 0 Å². The summed E-state index contributed by atoms with van der Waals surface area (Å²) < 4.78 is 52.3. The van der Waals surface area contributed by atoms with Gasteiger partial charge >= 0.3 is 70.3 Å². The molecule has 0 saturated carbocycles. The molecule has 70 valence electrons. The molecule has 0 aliphatic carbocycles. The molecule has 1 aromatic carbocycles. The third kappa shape index (κ3) is 4.24. The Hall–Kier alpha value is -1.40. The molecule has 1 N–H and O–H groups in total. The van der Waals surface area contributed by atoms with Crippen LogP contribution in [0.4, 0.5) is 5.69 Å². The van der Waals surface area contributed by atoms with Gasteiger partial charge in [0.25, 0.3) is 0 Å². The third-order valence-corrected chi connectivity index (χ3v) is 2.25. The maximum atomic E-state index is 10.3. The van der Waals surface area contributed by atoms with Crippen LogP contribution < -0.4 is 4.17 Å². The van der Waals surface area contributed by atoms with Crippen LogP contribution in [0.5, 0.6) is 0 Å². The molecule has 0 bridgehead atoms. The van der Waals surface area contributed by atoms with Crippen molar-refractivity contribution in [3.8, 4) is 0 Å². The first-order valence-electron chi connectivity index (χ1n) is 3.30. The van der Waals surface area contributed by atoms with Gasteiger partial charge in [-0.05, 0) is 0 Å². The first kappa shape index (κ1) is 9.69. The molecule has 7 heteroatoms. The van der Waals surface area contributed by atoms with Gasteiger partial charge in [0.15, 0.2) is 0 Å². The SMILES string of the molecule is [O]=[V](=[O])(=[O])(=[O])(=[O])[NH]c1ccccc1. The number of benzene rings is 1. The van der Waals surface area contributed by atoms with Gasteiger partial charge in [0, 0.05) is 0 Å². The number of hydrogen-bond acceptors (Lipinski definition) is 5. The van der Waals surface area contributed by atoms with Crippen molar-refractivity contribution in [3.05, 3.63) is 30.3 Å². The van der Waals surface area contributed by atoms with Crippen molar-refractivity contribution in [3.63, 3.8) is 0 Å². The van der Waals surface area contributed by atoms with Crippen molar-refractivity contribution in [1.82, 2.24) is 0 Å². The molecule has 0 atom stereocenters. The summed E-state index contributed by atoms with van der Waals surface area (Å²) in [5.41, 5.74) is -0.326. The average molecular weight is 223 g/mol. The Labute approximate surface area is 70.8 Å². The number of para-hydroxylation sites is 1. The van der Waals surface area contributed by atoms with E-state index in [1.165, 1.54) is 18.2 Å². The molecular weight excluding hydrogens is 217 g/mol. The van der Waals surface area contributed by atoms with Crippen LogP contribution in [0.15, 0.2) is 30.3 Å². The molecule has 6 nitrogen and oxygen atoms in total. The summed E-state index contributed by atoms with van der Waals surface area (Å²) >= 11 is -8.96. The summed E-state index contributed by atoms with van der Waals surface area (Å²) in [4.78, 5) is 0. The quantitative estimate of drug-likeness (QED) is 0.801. The van der Waals surface area contributed by atoms with E-state index in [0.29, 0.717) is 0 Å². The van der Waals surface area contributed by atoms with Crippen molar-refractivity contribution in [2.45, 2.75) is 0 Å². The number of hydrogen-bond donors (Lipinski definition) is 1. The topological polar surface area (TPSA) is 97.4 Å². The molecule has 0 heterocycles. The number of rotatable bonds is 2. The second-order valence-corrected chi connectivity index (χ2v) is 6.78. The predicted molar refractivity (Wildman–Crippen MR) is 33.5 cm³/mol. The van der Waals surface area contributed by atoms with Gasteiger partial charge in [-0.15, -0.1) is 0 Å². The molecule has 13 heavy (non-hydrogen) atoms. The maximum absolute atomic E-state index is 10.3. The fraction of sp³-hybridized carbons (Fsp3) is 0. The van der Waals surface area contributed by atoms with E-state index in [2.05, 4.69) is 0 Å². The molecule has 0 aliphatic heterocycles. The Morgan fingerprint density at radius 1 is 0.846 bits per heavy atom. The third-order valence-electron chi connectivity index (χ3n) is 1.13. The second kappa shape index (κ2) is 1.91. The van der Waals surface area contributed by atoms with Gasteiger partial charge in [-0.25, -0.2) is 0 Å². The van der Waals surface area contributed by atoms with Gasteiger partial charge < -0.3 is 0 Å². The van der Waals surface area contributed by atoms with Gasteiger partial charge in [0.05, 0.1) is 0 Å². The monoisotopic (exact) mass is 223 g/mol. The molecule has 0 fully saturated rings. The zero-order chi connectivity index (χ0) is 10.2. The van der Waals surface area contributed by atoms with Crippen molar-refractivity contribution < 1.29 is 30.1 Å². The van der Waals surface area contributed by atoms with Crippen LogP contribution in [0, 0.1) is 0 Å². The average Bonchev–Trinajstić information content (AvgIpc) is 1.82. The summed E-state index contributed by atoms with van der Waals surface area (Å²) in [6, 6.07) is 6.55. The first-order chi connectivity index (χ1) is 5.55. The minimum atomic E-state index is -8.96. The Morgan fingerprint density at radius 2 is 1.31 bits per heavy atom. The molecule has 0 amide bonds. The Bertz CT molecular complexity index is 665. The van der Waals surface area contributed by atoms with E-state index in [1.807, 2.05) is 0 Å². The van der Waals surface area contributed by atoms with E-state index >= 15 is 0 Å². The van der Waals surface area contributed by atoms with Crippen LogP contribution in [0.3, 0.4) is 0 Å². The van der Waals surface area contributed by atoms with Crippen LogP contribution in [0.1, 0.15) is 0 Å². The Morgan fingerprint density at radius 3 is 1.69 bits per heavy atom. The summed E-state index contributed by atoms with van der Waals surface area (Å²) in [6.45, 7) is 0. The molecule has 1 rings (SSSR count). The van der Waals surface area contributed by atoms with Crippen molar-refractivity contribution in [2.75, 3.05) is 4.17 Å². The summed E-state index contributed by atoms with van der Waals surface area (Å²) in [5, 5.41) is 0. The van der Waals surface area contributed by atoms with Crippen molar-refractivity contribution in [2.24, 2.45) is 0 Å². The summed E-state index contributed by atoms with van der Waals surface area (Å²) in [7, 11) is 0. The second-order valence-electron chi connectivity index (χ2n) is 2.68. The zero-order valence-electron chi connectivity index (χ0n) is 6.38. The summed E-state index contributed by atoms with van der Waals surface area (Å²) in [5.74, 6) is 0. The Balaban J connectivity index is 3.37. The number of anilines is 1. The Kier molecular flexibility index (Phi) is 1.43. The molecule has 0 aromatic heterocycles. The van der Waals surface area contributed by atoms with E-state index in [0.717, 1.165) is 16.3 Å². The molecule has 0 spiro atoms. The molecule has 0 unspecified atom stereocenters. The number of nitrogens with one attached hydrogen (secondary N) is 1. The molecule has 0 radical (unpaired) electrons. The molecule has 0 aliphatic rings. The minimum absolute atomic E-state index is 0.326. The molecule has 1 aromatic rings. The van der Waals surface area contributed by atoms with E-state index in [9.17, 15) is 18.4 Å². The first-order valence-corrected chi connectivity index (χ1v) is 6.85. The van der Waals surface area contributed by atoms with Crippen LogP contribution in [0.25, 0.3) is 0 Å².